The summed E-state index contributed by atoms with van der Waals surface area (Å²) in [6.45, 7) is 6.68. The van der Waals surface area contributed by atoms with Gasteiger partial charge in [-0.2, -0.15) is 4.98 Å². The van der Waals surface area contributed by atoms with E-state index in [1.54, 1.807) is 22.9 Å². The lowest BCUT2D eigenvalue weighted by molar-refractivity contribution is -0.118. The number of carbonyl (C=O) groups is 1. The first-order valence-corrected chi connectivity index (χ1v) is 10.9. The number of ether oxygens (including phenoxy) is 1. The van der Waals surface area contributed by atoms with Crippen LogP contribution < -0.4 is 10.1 Å². The fraction of sp³-hybridized carbons (Fsp3) is 0.320. The van der Waals surface area contributed by atoms with Gasteiger partial charge >= 0.3 is 0 Å². The maximum atomic E-state index is 13.4. The van der Waals surface area contributed by atoms with E-state index >= 15 is 0 Å². The molecule has 2 N–H and O–H groups in total. The first-order valence-electron chi connectivity index (χ1n) is 10.9. The van der Waals surface area contributed by atoms with Gasteiger partial charge in [-0.15, -0.1) is 5.10 Å². The van der Waals surface area contributed by atoms with E-state index in [0.29, 0.717) is 30.4 Å². The Morgan fingerprint density at radius 2 is 2.00 bits per heavy atom. The van der Waals surface area contributed by atoms with Gasteiger partial charge in [0.25, 0.3) is 0 Å². The number of hydrogen-bond acceptors (Lipinski definition) is 6. The lowest BCUT2D eigenvalue weighted by Crippen LogP contribution is -2.36. The second-order valence-electron chi connectivity index (χ2n) is 9.09. The molecule has 7 nitrogen and oxygen atoms in total. The number of allylic oxidation sites excluding steroid dienone is 2. The summed E-state index contributed by atoms with van der Waals surface area (Å²) in [5, 5.41) is 18.1. The molecule has 0 radical (unpaired) electrons. The summed E-state index contributed by atoms with van der Waals surface area (Å²) in [6.07, 6.45) is 1.22. The molecule has 0 fully saturated rings. The molecule has 7 heteroatoms. The number of phenolic OH excluding ortho intramolecular Hbond substituents is 1. The van der Waals surface area contributed by atoms with E-state index in [1.165, 1.54) is 0 Å². The van der Waals surface area contributed by atoms with Crippen molar-refractivity contribution < 1.29 is 14.6 Å². The Kier molecular flexibility index (Phi) is 4.77. The van der Waals surface area contributed by atoms with E-state index in [4.69, 9.17) is 14.8 Å². The number of nitrogens with one attached hydrogen (secondary N) is 1. The number of hydrogen-bond donors (Lipinski definition) is 2. The second kappa shape index (κ2) is 7.51. The van der Waals surface area contributed by atoms with Crippen molar-refractivity contribution in [2.75, 3.05) is 11.9 Å². The van der Waals surface area contributed by atoms with Gasteiger partial charge in [-0.3, -0.25) is 4.79 Å². The topological polar surface area (TPSA) is 89.3 Å². The lowest BCUT2D eigenvalue weighted by Gasteiger charge is -2.38. The van der Waals surface area contributed by atoms with Crippen molar-refractivity contribution in [3.8, 4) is 22.9 Å². The molecule has 2 heterocycles. The Morgan fingerprint density at radius 1 is 1.19 bits per heavy atom. The molecule has 1 unspecified atom stereocenters. The van der Waals surface area contributed by atoms with Crippen molar-refractivity contribution in [1.29, 1.82) is 0 Å². The summed E-state index contributed by atoms with van der Waals surface area (Å²) in [5.41, 5.74) is 3.06. The molecule has 5 rings (SSSR count). The van der Waals surface area contributed by atoms with Crippen LogP contribution in [0, 0.1) is 5.41 Å². The van der Waals surface area contributed by atoms with Crippen LogP contribution in [0.25, 0.3) is 11.4 Å². The molecular formula is C25H26N4O3. The smallest absolute Gasteiger partial charge is 0.226 e. The number of Topliss-reactive ketones (excluding diaryl/α,β-unsaturated/α-hetero) is 1. The molecule has 0 saturated heterocycles. The third kappa shape index (κ3) is 3.43. The zero-order valence-electron chi connectivity index (χ0n) is 18.4. The van der Waals surface area contributed by atoms with Gasteiger partial charge in [0.15, 0.2) is 11.6 Å². The Morgan fingerprint density at radius 3 is 2.78 bits per heavy atom. The van der Waals surface area contributed by atoms with Crippen molar-refractivity contribution in [1.82, 2.24) is 14.8 Å². The van der Waals surface area contributed by atoms with Crippen LogP contribution in [-0.4, -0.2) is 32.3 Å². The van der Waals surface area contributed by atoms with E-state index in [9.17, 15) is 9.90 Å². The van der Waals surface area contributed by atoms with Gasteiger partial charge in [0.05, 0.1) is 6.61 Å². The number of nitrogens with zero attached hydrogens (tertiary/aromatic N) is 3. The number of aromatic hydroxyl groups is 1. The minimum atomic E-state index is -0.439. The minimum absolute atomic E-state index is 0.111. The average molecular weight is 431 g/mol. The molecular weight excluding hydrogens is 404 g/mol. The summed E-state index contributed by atoms with van der Waals surface area (Å²) in [4.78, 5) is 18.1. The van der Waals surface area contributed by atoms with E-state index in [1.807, 2.05) is 37.3 Å². The van der Waals surface area contributed by atoms with Gasteiger partial charge in [-0.25, -0.2) is 4.68 Å². The van der Waals surface area contributed by atoms with Crippen LogP contribution in [0.15, 0.2) is 59.8 Å². The van der Waals surface area contributed by atoms with Gasteiger partial charge in [-0.05, 0) is 37.0 Å². The number of aromatic nitrogens is 3. The maximum Gasteiger partial charge on any atom is 0.226 e. The Hall–Kier alpha value is -3.61. The first-order chi connectivity index (χ1) is 15.4. The third-order valence-corrected chi connectivity index (χ3v) is 5.95. The Labute approximate surface area is 186 Å². The van der Waals surface area contributed by atoms with E-state index in [0.717, 1.165) is 29.0 Å². The summed E-state index contributed by atoms with van der Waals surface area (Å²) >= 11 is 0. The molecule has 0 spiro atoms. The van der Waals surface area contributed by atoms with Crippen molar-refractivity contribution >= 4 is 11.7 Å². The first kappa shape index (κ1) is 20.3. The highest BCUT2D eigenvalue weighted by atomic mass is 16.5. The average Bonchev–Trinajstić information content (AvgIpc) is 3.16. The molecule has 2 aromatic carbocycles. The molecule has 1 atom stereocenters. The molecule has 2 aliphatic rings. The van der Waals surface area contributed by atoms with E-state index < -0.39 is 6.04 Å². The predicted octanol–water partition coefficient (Wildman–Crippen LogP) is 4.71. The molecule has 0 amide bonds. The Bertz CT molecular complexity index is 1240. The highest BCUT2D eigenvalue weighted by Crippen LogP contribution is 2.47. The highest BCUT2D eigenvalue weighted by molar-refractivity contribution is 6.00. The molecule has 1 aromatic heterocycles. The number of fused-ring (bicyclic) bond motifs is 1. The van der Waals surface area contributed by atoms with E-state index in [2.05, 4.69) is 19.2 Å². The van der Waals surface area contributed by atoms with Gasteiger partial charge in [0.1, 0.15) is 17.5 Å². The number of carbonyl (C=O) groups excluding carboxylic acids is 1. The standard InChI is InChI=1S/C25H26N4O3/c1-4-32-20-11-6-5-10-17(20)22-21-18(13-25(2,3)14-19(21)31)26-24-27-23(28-29(22)24)15-8-7-9-16(30)12-15/h5-12,22,30H,4,13-14H2,1-3H3,(H,26,27,28). The maximum absolute atomic E-state index is 13.4. The van der Waals surface area contributed by atoms with Crippen molar-refractivity contribution in [2.45, 2.75) is 39.7 Å². The number of anilines is 1. The molecule has 1 aliphatic heterocycles. The summed E-state index contributed by atoms with van der Waals surface area (Å²) in [5.74, 6) is 2.04. The van der Waals surface area contributed by atoms with Crippen LogP contribution in [0.3, 0.4) is 0 Å². The normalized spacial score (nSPS) is 19.2. The summed E-state index contributed by atoms with van der Waals surface area (Å²) in [6, 6.07) is 14.2. The van der Waals surface area contributed by atoms with Gasteiger partial charge < -0.3 is 15.2 Å². The van der Waals surface area contributed by atoms with Gasteiger partial charge in [-0.1, -0.05) is 44.2 Å². The van der Waals surface area contributed by atoms with Crippen LogP contribution in [0.1, 0.15) is 45.2 Å². The van der Waals surface area contributed by atoms with Crippen LogP contribution in [-0.2, 0) is 4.79 Å². The van der Waals surface area contributed by atoms with Crippen molar-refractivity contribution in [2.24, 2.45) is 5.41 Å². The number of rotatable bonds is 4. The largest absolute Gasteiger partial charge is 0.508 e. The lowest BCUT2D eigenvalue weighted by atomic mass is 9.73. The molecule has 1 aliphatic carbocycles. The summed E-state index contributed by atoms with van der Waals surface area (Å²) in [7, 11) is 0. The predicted molar refractivity (Wildman–Crippen MR) is 122 cm³/mol. The third-order valence-electron chi connectivity index (χ3n) is 5.95. The SMILES string of the molecule is CCOc1ccccc1C1C2=C(CC(C)(C)CC2=O)Nc2nc(-c3cccc(O)c3)nn21. The van der Waals surface area contributed by atoms with Crippen LogP contribution in [0.4, 0.5) is 5.95 Å². The molecule has 164 valence electrons. The molecule has 0 saturated carbocycles. The zero-order valence-corrected chi connectivity index (χ0v) is 18.4. The fourth-order valence-electron chi connectivity index (χ4n) is 4.66. The number of benzene rings is 2. The monoisotopic (exact) mass is 430 g/mol. The fourth-order valence-corrected chi connectivity index (χ4v) is 4.66. The van der Waals surface area contributed by atoms with Crippen LogP contribution in [0.5, 0.6) is 11.5 Å². The van der Waals surface area contributed by atoms with Crippen molar-refractivity contribution in [3.63, 3.8) is 0 Å². The van der Waals surface area contributed by atoms with Crippen LogP contribution in [0.2, 0.25) is 0 Å². The van der Waals surface area contributed by atoms with Gasteiger partial charge in [0, 0.05) is 28.8 Å². The minimum Gasteiger partial charge on any atom is -0.508 e. The van der Waals surface area contributed by atoms with Gasteiger partial charge in [0.2, 0.25) is 5.95 Å². The summed E-state index contributed by atoms with van der Waals surface area (Å²) < 4.78 is 7.69. The number of phenols is 1. The zero-order chi connectivity index (χ0) is 22.5. The molecule has 32 heavy (non-hydrogen) atoms. The number of ketones is 1. The second-order valence-corrected chi connectivity index (χ2v) is 9.09. The molecule has 3 aromatic rings. The number of para-hydroxylation sites is 1. The Balaban J connectivity index is 1.71. The van der Waals surface area contributed by atoms with E-state index in [-0.39, 0.29) is 16.9 Å². The van der Waals surface area contributed by atoms with Crippen molar-refractivity contribution in [3.05, 3.63) is 65.4 Å². The molecule has 0 bridgehead atoms. The van der Waals surface area contributed by atoms with Crippen LogP contribution >= 0.6 is 0 Å². The highest BCUT2D eigenvalue weighted by Gasteiger charge is 2.42. The quantitative estimate of drug-likeness (QED) is 0.623.